The van der Waals surface area contributed by atoms with E-state index in [2.05, 4.69) is 32.0 Å². The maximum absolute atomic E-state index is 13.5. The molecule has 2 aromatic heterocycles. The minimum atomic E-state index is -0.308. The van der Waals surface area contributed by atoms with E-state index in [4.69, 9.17) is 0 Å². The van der Waals surface area contributed by atoms with Crippen LogP contribution in [-0.2, 0) is 0 Å². The van der Waals surface area contributed by atoms with Crippen molar-refractivity contribution < 1.29 is 9.18 Å². The van der Waals surface area contributed by atoms with Crippen LogP contribution in [0.2, 0.25) is 0 Å². The van der Waals surface area contributed by atoms with Gasteiger partial charge in [0.15, 0.2) is 0 Å². The Morgan fingerprint density at radius 2 is 1.85 bits per heavy atom. The van der Waals surface area contributed by atoms with Crippen LogP contribution in [0.1, 0.15) is 23.7 Å². The van der Waals surface area contributed by atoms with E-state index in [-0.39, 0.29) is 30.2 Å². The van der Waals surface area contributed by atoms with E-state index < -0.39 is 0 Å². The highest BCUT2D eigenvalue weighted by atomic mass is 35.5. The molecule has 8 nitrogen and oxygen atoms in total. The van der Waals surface area contributed by atoms with Gasteiger partial charge >= 0.3 is 0 Å². The second-order valence-corrected chi connectivity index (χ2v) is 7.83. The number of para-hydroxylation sites is 1. The second kappa shape index (κ2) is 9.50. The average Bonchev–Trinajstić information content (AvgIpc) is 3.28. The van der Waals surface area contributed by atoms with E-state index in [0.29, 0.717) is 41.2 Å². The molecule has 1 aliphatic rings. The van der Waals surface area contributed by atoms with Crippen LogP contribution in [-0.4, -0.2) is 61.4 Å². The first-order chi connectivity index (χ1) is 15.6. The summed E-state index contributed by atoms with van der Waals surface area (Å²) in [6.07, 6.45) is 5.60. The van der Waals surface area contributed by atoms with Crippen molar-refractivity contribution in [3.05, 3.63) is 72.4 Å². The van der Waals surface area contributed by atoms with E-state index >= 15 is 0 Å². The van der Waals surface area contributed by atoms with Crippen LogP contribution in [0.25, 0.3) is 16.6 Å². The van der Waals surface area contributed by atoms with Gasteiger partial charge in [0.1, 0.15) is 5.82 Å². The Bertz CT molecular complexity index is 1270. The summed E-state index contributed by atoms with van der Waals surface area (Å²) in [4.78, 5) is 28.0. The van der Waals surface area contributed by atoms with E-state index in [0.717, 1.165) is 13.0 Å². The third-order valence-corrected chi connectivity index (χ3v) is 5.80. The lowest BCUT2D eigenvalue weighted by Gasteiger charge is -2.27. The molecule has 1 aliphatic heterocycles. The minimum Gasteiger partial charge on any atom is -0.339 e. The molecule has 0 radical (unpaired) electrons. The van der Waals surface area contributed by atoms with Crippen LogP contribution in [0.5, 0.6) is 0 Å². The summed E-state index contributed by atoms with van der Waals surface area (Å²) >= 11 is 0. The molecule has 1 amide bonds. The van der Waals surface area contributed by atoms with Crippen LogP contribution >= 0.6 is 12.4 Å². The second-order valence-electron chi connectivity index (χ2n) is 7.83. The molecule has 4 aromatic rings. The number of hydrogen-bond donors (Lipinski definition) is 0. The smallest absolute Gasteiger partial charge is 0.256 e. The van der Waals surface area contributed by atoms with E-state index in [1.165, 1.54) is 16.9 Å². The van der Waals surface area contributed by atoms with Gasteiger partial charge in [0.25, 0.3) is 5.91 Å². The SMILES string of the molecule is C[C@@H]1CCN(c2ncc3cc(F)ccc3n2)CCN1C(=O)c1ccccc1-n1nccn1.Cl. The number of nitrogens with zero attached hydrogens (tertiary/aromatic N) is 7. The molecule has 0 N–H and O–H groups in total. The first kappa shape index (κ1) is 22.6. The van der Waals surface area contributed by atoms with Crippen molar-refractivity contribution in [2.45, 2.75) is 19.4 Å². The molecule has 0 spiro atoms. The van der Waals surface area contributed by atoms with Crippen LogP contribution < -0.4 is 4.90 Å². The number of halogens is 2. The maximum atomic E-state index is 13.5. The third kappa shape index (κ3) is 4.49. The number of anilines is 1. The number of carbonyl (C=O) groups is 1. The summed E-state index contributed by atoms with van der Waals surface area (Å²) in [6, 6.07) is 11.9. The van der Waals surface area contributed by atoms with E-state index in [1.54, 1.807) is 24.7 Å². The third-order valence-electron chi connectivity index (χ3n) is 5.80. The number of aromatic nitrogens is 5. The molecule has 0 saturated carbocycles. The van der Waals surface area contributed by atoms with Gasteiger partial charge in [-0.25, -0.2) is 14.4 Å². The van der Waals surface area contributed by atoms with Crippen LogP contribution in [0.15, 0.2) is 61.1 Å². The predicted octanol–water partition coefficient (Wildman–Crippen LogP) is 3.51. The van der Waals surface area contributed by atoms with Crippen LogP contribution in [0.3, 0.4) is 0 Å². The highest BCUT2D eigenvalue weighted by Crippen LogP contribution is 2.22. The Morgan fingerprint density at radius 1 is 1.06 bits per heavy atom. The molecule has 2 aromatic carbocycles. The maximum Gasteiger partial charge on any atom is 0.256 e. The molecule has 0 aliphatic carbocycles. The summed E-state index contributed by atoms with van der Waals surface area (Å²) in [5.41, 5.74) is 1.91. The van der Waals surface area contributed by atoms with Crippen molar-refractivity contribution in [3.63, 3.8) is 0 Å². The van der Waals surface area contributed by atoms with Crippen molar-refractivity contribution in [2.24, 2.45) is 0 Å². The Hall–Kier alpha value is -3.59. The Labute approximate surface area is 196 Å². The molecule has 0 bridgehead atoms. The van der Waals surface area contributed by atoms with E-state index in [9.17, 15) is 9.18 Å². The Kier molecular flexibility index (Phi) is 6.50. The molecule has 3 heterocycles. The highest BCUT2D eigenvalue weighted by Gasteiger charge is 2.28. The standard InChI is InChI=1S/C23H22FN7O.ClH/c1-16-8-11-29(23-25-15-17-14-18(24)6-7-20(17)28-23)12-13-30(16)22(32)19-4-2-3-5-21(19)31-26-9-10-27-31;/h2-7,9-10,14-16H,8,11-13H2,1H3;1H/t16-;/m1./s1. The summed E-state index contributed by atoms with van der Waals surface area (Å²) in [6.45, 7) is 3.91. The van der Waals surface area contributed by atoms with Gasteiger partial charge in [-0.2, -0.15) is 15.0 Å². The number of amides is 1. The van der Waals surface area contributed by atoms with Gasteiger partial charge < -0.3 is 9.80 Å². The summed E-state index contributed by atoms with van der Waals surface area (Å²) in [7, 11) is 0. The number of rotatable bonds is 3. The first-order valence-electron chi connectivity index (χ1n) is 10.5. The van der Waals surface area contributed by atoms with Crippen molar-refractivity contribution in [2.75, 3.05) is 24.5 Å². The lowest BCUT2D eigenvalue weighted by atomic mass is 10.1. The average molecular weight is 468 g/mol. The topological polar surface area (TPSA) is 80.0 Å². The van der Waals surface area contributed by atoms with Crippen LogP contribution in [0.4, 0.5) is 10.3 Å². The molecule has 10 heteroatoms. The molecular formula is C23H23ClFN7O. The normalized spacial score (nSPS) is 16.4. The molecule has 1 fully saturated rings. The van der Waals surface area contributed by atoms with Gasteiger partial charge in [0.05, 0.1) is 29.2 Å². The summed E-state index contributed by atoms with van der Waals surface area (Å²) in [5.74, 6) is 0.228. The molecule has 170 valence electrons. The molecule has 0 unspecified atom stereocenters. The van der Waals surface area contributed by atoms with E-state index in [1.807, 2.05) is 29.2 Å². The quantitative estimate of drug-likeness (QED) is 0.458. The summed E-state index contributed by atoms with van der Waals surface area (Å²) in [5, 5.41) is 9.03. The Balaban J connectivity index is 0.00000259. The van der Waals surface area contributed by atoms with Crippen molar-refractivity contribution in [1.29, 1.82) is 0 Å². The monoisotopic (exact) mass is 467 g/mol. The van der Waals surface area contributed by atoms with Crippen molar-refractivity contribution >= 4 is 35.2 Å². The number of carbonyl (C=O) groups excluding carboxylic acids is 1. The number of hydrogen-bond acceptors (Lipinski definition) is 6. The fraction of sp³-hybridized carbons (Fsp3) is 0.261. The first-order valence-corrected chi connectivity index (χ1v) is 10.5. The molecule has 5 rings (SSSR count). The lowest BCUT2D eigenvalue weighted by molar-refractivity contribution is 0.0705. The molecule has 1 atom stereocenters. The van der Waals surface area contributed by atoms with Gasteiger partial charge in [0.2, 0.25) is 5.95 Å². The van der Waals surface area contributed by atoms with Gasteiger partial charge in [-0.15, -0.1) is 12.4 Å². The Morgan fingerprint density at radius 3 is 2.67 bits per heavy atom. The zero-order valence-corrected chi connectivity index (χ0v) is 18.8. The van der Waals surface area contributed by atoms with Crippen molar-refractivity contribution in [1.82, 2.24) is 29.9 Å². The van der Waals surface area contributed by atoms with Crippen molar-refractivity contribution in [3.8, 4) is 5.69 Å². The fourth-order valence-electron chi connectivity index (χ4n) is 4.03. The summed E-state index contributed by atoms with van der Waals surface area (Å²) < 4.78 is 13.5. The number of benzene rings is 2. The largest absolute Gasteiger partial charge is 0.339 e. The predicted molar refractivity (Wildman–Crippen MR) is 125 cm³/mol. The lowest BCUT2D eigenvalue weighted by Crippen LogP contribution is -2.40. The zero-order valence-electron chi connectivity index (χ0n) is 18.0. The van der Waals surface area contributed by atoms with Gasteiger partial charge in [-0.1, -0.05) is 12.1 Å². The van der Waals surface area contributed by atoms with Gasteiger partial charge in [0, 0.05) is 37.3 Å². The zero-order chi connectivity index (χ0) is 22.1. The molecule has 33 heavy (non-hydrogen) atoms. The van der Waals surface area contributed by atoms with Crippen LogP contribution in [0, 0.1) is 5.82 Å². The molecule has 1 saturated heterocycles. The van der Waals surface area contributed by atoms with Gasteiger partial charge in [-0.3, -0.25) is 4.79 Å². The fourth-order valence-corrected chi connectivity index (χ4v) is 4.03. The molecular weight excluding hydrogens is 445 g/mol. The van der Waals surface area contributed by atoms with Gasteiger partial charge in [-0.05, 0) is 43.7 Å². The number of fused-ring (bicyclic) bond motifs is 1. The highest BCUT2D eigenvalue weighted by molar-refractivity contribution is 5.98. The minimum absolute atomic E-state index is 0.